The van der Waals surface area contributed by atoms with E-state index in [1.807, 2.05) is 6.92 Å². The highest BCUT2D eigenvalue weighted by molar-refractivity contribution is 7.91. The first-order valence-corrected chi connectivity index (χ1v) is 10.6. The van der Waals surface area contributed by atoms with E-state index in [-0.39, 0.29) is 48.2 Å². The average molecular weight is 378 g/mol. The highest BCUT2D eigenvalue weighted by Gasteiger charge is 2.37. The van der Waals surface area contributed by atoms with Crippen LogP contribution in [-0.2, 0) is 14.6 Å². The molecule has 0 N–H and O–H groups in total. The molecule has 1 aromatic rings. The first kappa shape index (κ1) is 18.6. The van der Waals surface area contributed by atoms with Crippen LogP contribution in [0.3, 0.4) is 0 Å². The summed E-state index contributed by atoms with van der Waals surface area (Å²) in [7, 11) is -3.09. The molecule has 0 saturated carbocycles. The lowest BCUT2D eigenvalue weighted by atomic mass is 10.1. The van der Waals surface area contributed by atoms with E-state index >= 15 is 0 Å². The number of sulfone groups is 1. The van der Waals surface area contributed by atoms with E-state index in [4.69, 9.17) is 0 Å². The van der Waals surface area contributed by atoms with Gasteiger partial charge in [-0.15, -0.1) is 0 Å². The van der Waals surface area contributed by atoms with Gasteiger partial charge in [-0.1, -0.05) is 19.1 Å². The van der Waals surface area contributed by atoms with Gasteiger partial charge >= 0.3 is 0 Å². The van der Waals surface area contributed by atoms with Crippen molar-refractivity contribution in [2.24, 2.45) is 0 Å². The maximum Gasteiger partial charge on any atom is 0.261 e. The van der Waals surface area contributed by atoms with Crippen LogP contribution in [0.25, 0.3) is 0 Å². The molecular weight excluding hydrogens is 356 g/mol. The van der Waals surface area contributed by atoms with E-state index in [0.717, 1.165) is 11.3 Å². The molecular formula is C18H22N2O5S. The van der Waals surface area contributed by atoms with Gasteiger partial charge in [0.25, 0.3) is 11.8 Å². The Kier molecular flexibility index (Phi) is 5.13. The summed E-state index contributed by atoms with van der Waals surface area (Å²) in [5, 5.41) is 0. The van der Waals surface area contributed by atoms with Crippen LogP contribution >= 0.6 is 0 Å². The summed E-state index contributed by atoms with van der Waals surface area (Å²) in [5.41, 5.74) is 0.717. The molecule has 2 aliphatic heterocycles. The fourth-order valence-corrected chi connectivity index (χ4v) is 5.30. The molecule has 0 unspecified atom stereocenters. The lowest BCUT2D eigenvalue weighted by Gasteiger charge is -2.28. The van der Waals surface area contributed by atoms with E-state index in [1.54, 1.807) is 29.2 Å². The van der Waals surface area contributed by atoms with Crippen LogP contribution in [0.15, 0.2) is 24.3 Å². The zero-order valence-electron chi connectivity index (χ0n) is 14.7. The Morgan fingerprint density at radius 3 is 2.31 bits per heavy atom. The average Bonchev–Trinajstić information content (AvgIpc) is 3.09. The molecule has 0 spiro atoms. The Morgan fingerprint density at radius 2 is 1.81 bits per heavy atom. The predicted octanol–water partition coefficient (Wildman–Crippen LogP) is 1.10. The molecule has 8 heteroatoms. The molecule has 0 aromatic heterocycles. The third-order valence-corrected chi connectivity index (χ3v) is 6.61. The van der Waals surface area contributed by atoms with Crippen molar-refractivity contribution >= 4 is 27.6 Å². The number of carbonyl (C=O) groups is 3. The van der Waals surface area contributed by atoms with Crippen molar-refractivity contribution in [3.05, 3.63) is 35.4 Å². The molecule has 1 aromatic carbocycles. The molecule has 7 nitrogen and oxygen atoms in total. The standard InChI is InChI=1S/C18H22N2O5S/c1-2-9-19(13-8-11-26(24,25)12-13)16(21)7-10-20-17(22)14-5-3-4-6-15(14)18(20)23/h3-6,13H,2,7-12H2,1H3/t13-/m1/s1. The van der Waals surface area contributed by atoms with Crippen molar-refractivity contribution in [1.29, 1.82) is 0 Å². The Hall–Kier alpha value is -2.22. The van der Waals surface area contributed by atoms with Crippen LogP contribution < -0.4 is 0 Å². The molecule has 0 radical (unpaired) electrons. The lowest BCUT2D eigenvalue weighted by molar-refractivity contribution is -0.133. The fraction of sp³-hybridized carbons (Fsp3) is 0.500. The Morgan fingerprint density at radius 1 is 1.19 bits per heavy atom. The Bertz CT molecular complexity index is 814. The quantitative estimate of drug-likeness (QED) is 0.691. The molecule has 2 heterocycles. The molecule has 1 atom stereocenters. The molecule has 1 fully saturated rings. The predicted molar refractivity (Wildman–Crippen MR) is 95.5 cm³/mol. The van der Waals surface area contributed by atoms with Gasteiger partial charge in [0.1, 0.15) is 0 Å². The van der Waals surface area contributed by atoms with E-state index < -0.39 is 9.84 Å². The summed E-state index contributed by atoms with van der Waals surface area (Å²) < 4.78 is 23.4. The normalized spacial score (nSPS) is 21.1. The summed E-state index contributed by atoms with van der Waals surface area (Å²) in [6.07, 6.45) is 1.17. The van der Waals surface area contributed by atoms with Crippen molar-refractivity contribution in [3.63, 3.8) is 0 Å². The second-order valence-electron chi connectivity index (χ2n) is 6.70. The largest absolute Gasteiger partial charge is 0.339 e. The summed E-state index contributed by atoms with van der Waals surface area (Å²) in [6.45, 7) is 2.40. The minimum atomic E-state index is -3.09. The molecule has 1 saturated heterocycles. The van der Waals surface area contributed by atoms with Crippen molar-refractivity contribution in [1.82, 2.24) is 9.80 Å². The number of rotatable bonds is 6. The smallest absolute Gasteiger partial charge is 0.261 e. The van der Waals surface area contributed by atoms with Gasteiger partial charge in [-0.25, -0.2) is 8.42 Å². The van der Waals surface area contributed by atoms with Crippen molar-refractivity contribution in [3.8, 4) is 0 Å². The van der Waals surface area contributed by atoms with E-state index in [9.17, 15) is 22.8 Å². The van der Waals surface area contributed by atoms with Crippen LogP contribution in [0, 0.1) is 0 Å². The van der Waals surface area contributed by atoms with E-state index in [1.165, 1.54) is 0 Å². The van der Waals surface area contributed by atoms with Crippen molar-refractivity contribution in [2.75, 3.05) is 24.6 Å². The maximum atomic E-state index is 12.7. The number of imide groups is 1. The second-order valence-corrected chi connectivity index (χ2v) is 8.93. The zero-order chi connectivity index (χ0) is 18.9. The fourth-order valence-electron chi connectivity index (χ4n) is 3.57. The molecule has 2 aliphatic rings. The van der Waals surface area contributed by atoms with Gasteiger partial charge in [-0.2, -0.15) is 0 Å². The first-order chi connectivity index (χ1) is 12.3. The van der Waals surface area contributed by atoms with Crippen LogP contribution in [0.1, 0.15) is 46.9 Å². The van der Waals surface area contributed by atoms with Gasteiger partial charge in [0.05, 0.1) is 22.6 Å². The van der Waals surface area contributed by atoms with Crippen LogP contribution in [-0.4, -0.2) is 66.6 Å². The topological polar surface area (TPSA) is 91.8 Å². The van der Waals surface area contributed by atoms with Crippen LogP contribution in [0.5, 0.6) is 0 Å². The van der Waals surface area contributed by atoms with Gasteiger partial charge in [0.15, 0.2) is 9.84 Å². The highest BCUT2D eigenvalue weighted by atomic mass is 32.2. The number of carbonyl (C=O) groups excluding carboxylic acids is 3. The van der Waals surface area contributed by atoms with Gasteiger partial charge < -0.3 is 4.90 Å². The summed E-state index contributed by atoms with van der Waals surface area (Å²) in [4.78, 5) is 40.1. The summed E-state index contributed by atoms with van der Waals surface area (Å²) in [5.74, 6) is -0.895. The number of fused-ring (bicyclic) bond motifs is 1. The van der Waals surface area contributed by atoms with Gasteiger partial charge in [-0.05, 0) is 25.0 Å². The third-order valence-electron chi connectivity index (χ3n) is 4.86. The van der Waals surface area contributed by atoms with Crippen LogP contribution in [0.4, 0.5) is 0 Å². The lowest BCUT2D eigenvalue weighted by Crippen LogP contribution is -2.43. The SMILES string of the molecule is CCCN(C(=O)CCN1C(=O)c2ccccc2C1=O)[C@@H]1CCS(=O)(=O)C1. The van der Waals surface area contributed by atoms with Gasteiger partial charge in [-0.3, -0.25) is 19.3 Å². The monoisotopic (exact) mass is 378 g/mol. The minimum Gasteiger partial charge on any atom is -0.339 e. The first-order valence-electron chi connectivity index (χ1n) is 8.79. The molecule has 3 rings (SSSR count). The molecule has 0 bridgehead atoms. The third kappa shape index (κ3) is 3.51. The molecule has 3 amide bonds. The highest BCUT2D eigenvalue weighted by Crippen LogP contribution is 2.23. The Labute approximate surface area is 152 Å². The summed E-state index contributed by atoms with van der Waals surface area (Å²) in [6, 6.07) is 6.29. The Balaban J connectivity index is 1.66. The second kappa shape index (κ2) is 7.19. The van der Waals surface area contributed by atoms with Crippen molar-refractivity contribution < 1.29 is 22.8 Å². The molecule has 140 valence electrons. The number of hydrogen-bond donors (Lipinski definition) is 0. The number of nitrogens with zero attached hydrogens (tertiary/aromatic N) is 2. The number of amides is 3. The van der Waals surface area contributed by atoms with Gasteiger partial charge in [0.2, 0.25) is 5.91 Å². The van der Waals surface area contributed by atoms with E-state index in [0.29, 0.717) is 24.1 Å². The maximum absolute atomic E-state index is 12.7. The summed E-state index contributed by atoms with van der Waals surface area (Å²) >= 11 is 0. The van der Waals surface area contributed by atoms with Gasteiger partial charge in [0, 0.05) is 25.6 Å². The number of benzene rings is 1. The zero-order valence-corrected chi connectivity index (χ0v) is 15.5. The number of hydrogen-bond acceptors (Lipinski definition) is 5. The molecule has 26 heavy (non-hydrogen) atoms. The van der Waals surface area contributed by atoms with E-state index in [2.05, 4.69) is 0 Å². The molecule has 0 aliphatic carbocycles. The van der Waals surface area contributed by atoms with Crippen LogP contribution in [0.2, 0.25) is 0 Å². The minimum absolute atomic E-state index is 0.00200. The van der Waals surface area contributed by atoms with Crippen molar-refractivity contribution in [2.45, 2.75) is 32.2 Å².